The molecule has 0 N–H and O–H groups in total. The Balaban J connectivity index is 4.98. The molecule has 242 valence electrons. The van der Waals surface area contributed by atoms with E-state index in [9.17, 15) is 28.8 Å². The maximum atomic E-state index is 12.3. The molecule has 0 bridgehead atoms. The number of ether oxygens (including phenoxy) is 3. The van der Waals surface area contributed by atoms with Crippen molar-refractivity contribution in [1.29, 1.82) is 0 Å². The monoisotopic (exact) mass is 718 g/mol. The summed E-state index contributed by atoms with van der Waals surface area (Å²) in [6, 6.07) is 0. The molecule has 0 aromatic rings. The van der Waals surface area contributed by atoms with Crippen molar-refractivity contribution in [3.8, 4) is 0 Å². The van der Waals surface area contributed by atoms with Crippen LogP contribution in [0.4, 0.5) is 0 Å². The van der Waals surface area contributed by atoms with Gasteiger partial charge in [0.2, 0.25) is 0 Å². The van der Waals surface area contributed by atoms with Gasteiger partial charge in [-0.05, 0) is 0 Å². The number of hydrogen-bond donors (Lipinski definition) is 0. The van der Waals surface area contributed by atoms with Crippen molar-refractivity contribution in [2.75, 3.05) is 19.8 Å². The molecular weight excluding hydrogens is 671 g/mol. The Morgan fingerprint density at radius 2 is 0.907 bits per heavy atom. The fraction of sp³-hybridized carbons (Fsp3) is 0.600. The Kier molecular flexibility index (Phi) is 24.5. The number of hydrogen-bond acceptors (Lipinski definition) is 12. The van der Waals surface area contributed by atoms with E-state index in [2.05, 4.69) is 23.3 Å². The predicted molar refractivity (Wildman–Crippen MR) is 158 cm³/mol. The summed E-state index contributed by atoms with van der Waals surface area (Å²) < 4.78 is 29.4. The molecule has 0 aromatic carbocycles. The van der Waals surface area contributed by atoms with Gasteiger partial charge in [0.1, 0.15) is 0 Å². The number of unbranched alkanes of at least 4 members (excludes halogenated alkanes) is 5. The number of esters is 3. The summed E-state index contributed by atoms with van der Waals surface area (Å²) >= 11 is -4.69. The molecule has 0 unspecified atom stereocenters. The summed E-state index contributed by atoms with van der Waals surface area (Å²) in [6.45, 7) is 7.82. The Hall–Kier alpha value is -3.16. The zero-order valence-corrected chi connectivity index (χ0v) is 29.0. The molecule has 0 aliphatic carbocycles. The quantitative estimate of drug-likeness (QED) is 0.0488. The van der Waals surface area contributed by atoms with Crippen molar-refractivity contribution >= 4 is 56.8 Å². The van der Waals surface area contributed by atoms with Gasteiger partial charge in [-0.2, -0.15) is 0 Å². The standard InChI is InChI=1S/C18H32O4.2C6H8O4.Sn.H/c1-3-5-6-7-8-9-11-16(10-4-2)14-15-22-18(21)13-12-17(19)20;2*1-2-10-6(9)4-3-5(7)8;;/h12-13,16H,3-11,14-15H2,1-2H3,(H,19,20);2*3-4H,2H2,1H3,(H,7,8);;/q;;;+3;/p-3/b13-12-;2*4-3-;;/t16-;;;;/m1..../s1. The summed E-state index contributed by atoms with van der Waals surface area (Å²) in [4.78, 5) is 71.3. The molecule has 0 amide bonds. The van der Waals surface area contributed by atoms with Gasteiger partial charge in [-0.15, -0.1) is 0 Å². The summed E-state index contributed by atoms with van der Waals surface area (Å²) in [6.07, 6.45) is 15.8. The zero-order valence-electron chi connectivity index (χ0n) is 25.7. The van der Waals surface area contributed by atoms with Crippen LogP contribution in [0.2, 0.25) is 0 Å². The van der Waals surface area contributed by atoms with Crippen LogP contribution < -0.4 is 0 Å². The second kappa shape index (κ2) is 26.5. The minimum absolute atomic E-state index is 0.0788. The molecule has 12 nitrogen and oxygen atoms in total. The van der Waals surface area contributed by atoms with Gasteiger partial charge in [0.15, 0.2) is 0 Å². The molecule has 0 fully saturated rings. The van der Waals surface area contributed by atoms with E-state index in [1.165, 1.54) is 32.1 Å². The summed E-state index contributed by atoms with van der Waals surface area (Å²) in [5, 5.41) is 0. The molecule has 0 rings (SSSR count). The normalized spacial score (nSPS) is 11.9. The zero-order chi connectivity index (χ0) is 32.3. The first-order valence-corrected chi connectivity index (χ1v) is 18.8. The molecule has 0 aliphatic heterocycles. The third kappa shape index (κ3) is 24.0. The van der Waals surface area contributed by atoms with E-state index >= 15 is 0 Å². The van der Waals surface area contributed by atoms with Crippen LogP contribution in [0.3, 0.4) is 0 Å². The second-order valence-corrected chi connectivity index (χ2v) is 12.9. The summed E-state index contributed by atoms with van der Waals surface area (Å²) in [5.41, 5.74) is 0. The number of rotatable bonds is 23. The molecule has 0 aliphatic rings. The van der Waals surface area contributed by atoms with Crippen LogP contribution in [0.5, 0.6) is 0 Å². The third-order valence-corrected chi connectivity index (χ3v) is 9.35. The molecule has 43 heavy (non-hydrogen) atoms. The van der Waals surface area contributed by atoms with Crippen LogP contribution >= 0.6 is 0 Å². The van der Waals surface area contributed by atoms with Gasteiger partial charge in [0.25, 0.3) is 0 Å². The van der Waals surface area contributed by atoms with Gasteiger partial charge in [-0.1, -0.05) is 32.6 Å². The van der Waals surface area contributed by atoms with Crippen molar-refractivity contribution in [2.24, 2.45) is 5.92 Å². The first-order valence-electron chi connectivity index (χ1n) is 14.8. The molecule has 1 atom stereocenters. The van der Waals surface area contributed by atoms with E-state index in [4.69, 9.17) is 14.0 Å². The van der Waals surface area contributed by atoms with Gasteiger partial charge in [-0.25, -0.2) is 0 Å². The van der Waals surface area contributed by atoms with E-state index in [0.717, 1.165) is 56.4 Å². The molecule has 0 aromatic heterocycles. The fourth-order valence-corrected chi connectivity index (χ4v) is 6.40. The van der Waals surface area contributed by atoms with Crippen molar-refractivity contribution in [3.05, 3.63) is 36.5 Å². The first kappa shape index (κ1) is 39.8. The van der Waals surface area contributed by atoms with Crippen LogP contribution in [0, 0.1) is 5.92 Å². The van der Waals surface area contributed by atoms with Crippen LogP contribution in [-0.4, -0.2) is 76.6 Å². The van der Waals surface area contributed by atoms with Crippen molar-refractivity contribution in [3.63, 3.8) is 0 Å². The third-order valence-electron chi connectivity index (χ3n) is 5.71. The molecule has 0 heterocycles. The maximum absolute atomic E-state index is 12.3. The van der Waals surface area contributed by atoms with Gasteiger partial charge >= 0.3 is 231 Å². The van der Waals surface area contributed by atoms with Gasteiger partial charge in [-0.3, -0.25) is 0 Å². The first-order chi connectivity index (χ1) is 20.6. The van der Waals surface area contributed by atoms with Crippen molar-refractivity contribution in [1.82, 2.24) is 0 Å². The topological polar surface area (TPSA) is 158 Å². The van der Waals surface area contributed by atoms with E-state index in [0.29, 0.717) is 18.1 Å². The van der Waals surface area contributed by atoms with E-state index in [1.807, 2.05) is 0 Å². The molecule has 0 saturated carbocycles. The van der Waals surface area contributed by atoms with E-state index in [-0.39, 0.29) is 19.8 Å². The number of carbonyl (C=O) groups excluding carboxylic acids is 6. The van der Waals surface area contributed by atoms with E-state index in [1.54, 1.807) is 13.8 Å². The molecule has 0 radical (unpaired) electrons. The van der Waals surface area contributed by atoms with Gasteiger partial charge < -0.3 is 0 Å². The Labute approximate surface area is 262 Å². The molecular formula is C30H46O12Sn. The average molecular weight is 717 g/mol. The SMILES string of the molecule is CCCCCCCC[C@@H](CCC)CCOC(=O)/C=C\C(=O)[O][SnH]([O]C(=O)/C=C\C(=O)OCC)[O]C(=O)/C=C\C(=O)OCC. The predicted octanol–water partition coefficient (Wildman–Crippen LogP) is 4.23. The second-order valence-electron chi connectivity index (χ2n) is 9.27. The Morgan fingerprint density at radius 3 is 1.35 bits per heavy atom. The van der Waals surface area contributed by atoms with Crippen molar-refractivity contribution < 1.29 is 52.2 Å². The molecule has 0 saturated heterocycles. The Bertz CT molecular complexity index is 915. The van der Waals surface area contributed by atoms with Crippen molar-refractivity contribution in [2.45, 2.75) is 91.9 Å². The molecule has 0 spiro atoms. The van der Waals surface area contributed by atoms with Crippen LogP contribution in [0.15, 0.2) is 36.5 Å². The summed E-state index contributed by atoms with van der Waals surface area (Å²) in [7, 11) is 0. The van der Waals surface area contributed by atoms with Gasteiger partial charge in [0, 0.05) is 0 Å². The minimum atomic E-state index is -4.69. The Morgan fingerprint density at radius 1 is 0.488 bits per heavy atom. The van der Waals surface area contributed by atoms with Crippen LogP contribution in [0.25, 0.3) is 0 Å². The van der Waals surface area contributed by atoms with Crippen LogP contribution in [0.1, 0.15) is 91.9 Å². The average Bonchev–Trinajstić information content (AvgIpc) is 2.96. The van der Waals surface area contributed by atoms with Gasteiger partial charge in [0.05, 0.1) is 0 Å². The fourth-order valence-electron chi connectivity index (χ4n) is 3.69. The number of carbonyl (C=O) groups is 6. The summed E-state index contributed by atoms with van der Waals surface area (Å²) in [5.74, 6) is -5.32. The van der Waals surface area contributed by atoms with Crippen LogP contribution in [-0.2, 0) is 52.2 Å². The molecule has 13 heteroatoms. The van der Waals surface area contributed by atoms with E-state index < -0.39 is 56.8 Å².